The van der Waals surface area contributed by atoms with Gasteiger partial charge in [0, 0.05) is 0 Å². The average Bonchev–Trinajstić information content (AvgIpc) is 2.96. The van der Waals surface area contributed by atoms with E-state index in [2.05, 4.69) is 35.3 Å². The van der Waals surface area contributed by atoms with Gasteiger partial charge in [0.15, 0.2) is 11.5 Å². The van der Waals surface area contributed by atoms with E-state index in [0.29, 0.717) is 10.7 Å². The summed E-state index contributed by atoms with van der Waals surface area (Å²) >= 11 is 2.27. The van der Waals surface area contributed by atoms with E-state index in [1.165, 1.54) is 0 Å². The van der Waals surface area contributed by atoms with Gasteiger partial charge in [0.1, 0.15) is 0 Å². The largest absolute Gasteiger partial charge is 0.339 e. The normalized spacial score (nSPS) is 10.0. The summed E-state index contributed by atoms with van der Waals surface area (Å²) in [4.78, 5) is 24.5. The second-order valence-electron chi connectivity index (χ2n) is 3.39. The zero-order valence-corrected chi connectivity index (χ0v) is 11.6. The molecule has 0 bridgehead atoms. The predicted molar refractivity (Wildman–Crippen MR) is 68.9 cm³/mol. The van der Waals surface area contributed by atoms with Crippen LogP contribution in [-0.2, 0) is 0 Å². The Morgan fingerprint density at radius 2 is 1.68 bits per heavy atom. The Hall–Kier alpha value is -2.14. The molecule has 3 N–H and O–H groups in total. The Balaban J connectivity index is 1.86. The molecule has 2 heterocycles. The molecule has 19 heavy (non-hydrogen) atoms. The number of amides is 3. The number of hydrogen-bond acceptors (Lipinski definition) is 8. The molecule has 9 nitrogen and oxygen atoms in total. The molecule has 0 aliphatic heterocycles. The molecule has 2 aromatic heterocycles. The first-order valence-corrected chi connectivity index (χ1v) is 6.58. The molecule has 0 aromatic carbocycles. The quantitative estimate of drug-likeness (QED) is 0.693. The van der Waals surface area contributed by atoms with Crippen LogP contribution in [-0.4, -0.2) is 31.1 Å². The smallest absolute Gasteiger partial charge is 0.288 e. The maximum absolute atomic E-state index is 11.6. The van der Waals surface area contributed by atoms with E-state index in [-0.39, 0.29) is 5.69 Å². The van der Waals surface area contributed by atoms with Crippen LogP contribution in [0.4, 0.5) is 10.6 Å². The molecule has 0 atom stereocenters. The summed E-state index contributed by atoms with van der Waals surface area (Å²) in [7, 11) is 0. The van der Waals surface area contributed by atoms with Crippen molar-refractivity contribution in [1.82, 2.24) is 30.0 Å². The van der Waals surface area contributed by atoms with Gasteiger partial charge in [-0.25, -0.2) is 10.2 Å². The van der Waals surface area contributed by atoms with Gasteiger partial charge in [-0.1, -0.05) is 8.98 Å². The van der Waals surface area contributed by atoms with Crippen LogP contribution < -0.4 is 16.2 Å². The van der Waals surface area contributed by atoms with E-state index < -0.39 is 11.9 Å². The summed E-state index contributed by atoms with van der Waals surface area (Å²) in [5.74, 6) is -0.183. The number of carbonyl (C=O) groups excluding carboxylic acids is 2. The highest BCUT2D eigenvalue weighted by molar-refractivity contribution is 7.06. The fourth-order valence-electron chi connectivity index (χ4n) is 1.10. The lowest BCUT2D eigenvalue weighted by Crippen LogP contribution is -2.44. The Morgan fingerprint density at radius 3 is 2.26 bits per heavy atom. The van der Waals surface area contributed by atoms with Crippen LogP contribution in [0.5, 0.6) is 0 Å². The number of nitrogens with zero attached hydrogens (tertiary/aromatic N) is 4. The fourth-order valence-corrected chi connectivity index (χ4v) is 1.99. The summed E-state index contributed by atoms with van der Waals surface area (Å²) < 4.78 is 7.30. The molecule has 0 fully saturated rings. The molecule has 100 valence electrons. The number of aromatic nitrogens is 4. The molecule has 2 rings (SSSR count). The standard InChI is InChI=1S/C8H9N7O2S2/c1-3-5(10-14-18-3)7(16)12-13-8(17)9-6-4(2)19-15-11-6/h1-2H3,(H,12,16)(H2,9,13,17). The first-order valence-electron chi connectivity index (χ1n) is 5.03. The average molecular weight is 299 g/mol. The van der Waals surface area contributed by atoms with Gasteiger partial charge < -0.3 is 0 Å². The van der Waals surface area contributed by atoms with Crippen LogP contribution in [0.25, 0.3) is 0 Å². The number of carbonyl (C=O) groups is 2. The second-order valence-corrected chi connectivity index (χ2v) is 5.31. The van der Waals surface area contributed by atoms with Crippen molar-refractivity contribution in [1.29, 1.82) is 0 Å². The minimum absolute atomic E-state index is 0.178. The molecular formula is C8H9N7O2S2. The van der Waals surface area contributed by atoms with Gasteiger partial charge in [-0.2, -0.15) is 0 Å². The molecule has 0 unspecified atom stereocenters. The number of rotatable bonds is 2. The zero-order chi connectivity index (χ0) is 13.8. The minimum atomic E-state index is -0.620. The van der Waals surface area contributed by atoms with Crippen molar-refractivity contribution in [2.45, 2.75) is 13.8 Å². The van der Waals surface area contributed by atoms with Crippen molar-refractivity contribution in [3.8, 4) is 0 Å². The summed E-state index contributed by atoms with van der Waals surface area (Å²) in [5.41, 5.74) is 4.58. The second kappa shape index (κ2) is 5.67. The molecule has 2 aromatic rings. The Morgan fingerprint density at radius 1 is 1.00 bits per heavy atom. The summed E-state index contributed by atoms with van der Waals surface area (Å²) in [6, 6.07) is -0.620. The van der Waals surface area contributed by atoms with Crippen LogP contribution in [0, 0.1) is 13.8 Å². The summed E-state index contributed by atoms with van der Waals surface area (Å²) in [6.45, 7) is 3.48. The molecule has 0 saturated heterocycles. The van der Waals surface area contributed by atoms with Crippen molar-refractivity contribution >= 4 is 40.8 Å². The predicted octanol–water partition coefficient (Wildman–Crippen LogP) is 0.473. The van der Waals surface area contributed by atoms with Gasteiger partial charge >= 0.3 is 6.03 Å². The summed E-state index contributed by atoms with van der Waals surface area (Å²) in [5, 5.41) is 9.80. The van der Waals surface area contributed by atoms with Crippen molar-refractivity contribution in [3.05, 3.63) is 15.4 Å². The molecule has 0 saturated carbocycles. The third-order valence-corrected chi connectivity index (χ3v) is 3.30. The number of hydrazine groups is 1. The van der Waals surface area contributed by atoms with Crippen molar-refractivity contribution in [2.75, 3.05) is 5.32 Å². The monoisotopic (exact) mass is 299 g/mol. The molecule has 0 spiro atoms. The van der Waals surface area contributed by atoms with E-state index in [1.807, 2.05) is 0 Å². The molecule has 11 heteroatoms. The number of urea groups is 1. The van der Waals surface area contributed by atoms with Gasteiger partial charge in [-0.05, 0) is 36.9 Å². The molecular weight excluding hydrogens is 290 g/mol. The van der Waals surface area contributed by atoms with Crippen LogP contribution in [0.1, 0.15) is 20.2 Å². The third kappa shape index (κ3) is 3.20. The number of hydrogen-bond donors (Lipinski definition) is 3. The summed E-state index contributed by atoms with van der Waals surface area (Å²) in [6.07, 6.45) is 0. The first kappa shape index (κ1) is 13.3. The third-order valence-electron chi connectivity index (χ3n) is 2.04. The highest BCUT2D eigenvalue weighted by Gasteiger charge is 2.14. The first-order chi connectivity index (χ1) is 9.08. The molecule has 0 aliphatic carbocycles. The maximum Gasteiger partial charge on any atom is 0.339 e. The molecule has 0 radical (unpaired) electrons. The van der Waals surface area contributed by atoms with Crippen LogP contribution in [0.15, 0.2) is 0 Å². The number of aryl methyl sites for hydroxylation is 2. The van der Waals surface area contributed by atoms with Crippen molar-refractivity contribution in [2.24, 2.45) is 0 Å². The van der Waals surface area contributed by atoms with Gasteiger partial charge in [0.05, 0.1) is 9.75 Å². The minimum Gasteiger partial charge on any atom is -0.288 e. The van der Waals surface area contributed by atoms with Crippen molar-refractivity contribution in [3.63, 3.8) is 0 Å². The van der Waals surface area contributed by atoms with Gasteiger partial charge in [-0.3, -0.25) is 15.5 Å². The van der Waals surface area contributed by atoms with Crippen LogP contribution in [0.2, 0.25) is 0 Å². The zero-order valence-electron chi connectivity index (χ0n) is 9.92. The van der Waals surface area contributed by atoms with Gasteiger partial charge in [-0.15, -0.1) is 10.2 Å². The Bertz CT molecular complexity index is 608. The highest BCUT2D eigenvalue weighted by Crippen LogP contribution is 2.13. The number of nitrogens with one attached hydrogen (secondary N) is 3. The van der Waals surface area contributed by atoms with E-state index in [4.69, 9.17) is 0 Å². The van der Waals surface area contributed by atoms with E-state index >= 15 is 0 Å². The lowest BCUT2D eigenvalue weighted by Gasteiger charge is -2.06. The van der Waals surface area contributed by atoms with Gasteiger partial charge in [0.25, 0.3) is 5.91 Å². The van der Waals surface area contributed by atoms with E-state index in [0.717, 1.165) is 27.9 Å². The van der Waals surface area contributed by atoms with E-state index in [9.17, 15) is 9.59 Å². The number of anilines is 1. The van der Waals surface area contributed by atoms with Crippen LogP contribution in [0.3, 0.4) is 0 Å². The lowest BCUT2D eigenvalue weighted by atomic mass is 10.4. The maximum atomic E-state index is 11.6. The van der Waals surface area contributed by atoms with E-state index in [1.54, 1.807) is 13.8 Å². The van der Waals surface area contributed by atoms with Crippen LogP contribution >= 0.6 is 23.1 Å². The highest BCUT2D eigenvalue weighted by atomic mass is 32.1. The SMILES string of the molecule is Cc1snnc1NC(=O)NNC(=O)c1nnsc1C. The molecule has 3 amide bonds. The van der Waals surface area contributed by atoms with Gasteiger partial charge in [0.2, 0.25) is 0 Å². The van der Waals surface area contributed by atoms with Crippen molar-refractivity contribution < 1.29 is 9.59 Å². The molecule has 0 aliphatic rings. The topological polar surface area (TPSA) is 122 Å². The Kier molecular flexibility index (Phi) is 3.97. The lowest BCUT2D eigenvalue weighted by molar-refractivity contribution is 0.0932. The Labute approximate surface area is 115 Å². The fraction of sp³-hybridized carbons (Fsp3) is 0.250.